The van der Waals surface area contributed by atoms with Crippen LogP contribution in [0.3, 0.4) is 0 Å². The highest BCUT2D eigenvalue weighted by molar-refractivity contribution is 5.43. The van der Waals surface area contributed by atoms with Gasteiger partial charge in [-0.25, -0.2) is 0 Å². The predicted molar refractivity (Wildman–Crippen MR) is 84.8 cm³/mol. The molecule has 1 aromatic rings. The second-order valence-corrected chi connectivity index (χ2v) is 5.26. The maximum atomic E-state index is 4.49. The lowest BCUT2D eigenvalue weighted by atomic mass is 10.4. The summed E-state index contributed by atoms with van der Waals surface area (Å²) in [4.78, 5) is 19.4. The Kier molecular flexibility index (Phi) is 6.44. The van der Waals surface area contributed by atoms with Crippen LogP contribution in [0.15, 0.2) is 0 Å². The first-order valence-corrected chi connectivity index (χ1v) is 6.97. The van der Waals surface area contributed by atoms with Crippen LogP contribution >= 0.6 is 0 Å². The molecule has 0 radical (unpaired) electrons. The lowest BCUT2D eigenvalue weighted by Crippen LogP contribution is -2.26. The number of rotatable bonds is 8. The number of anilines is 3. The van der Waals surface area contributed by atoms with Gasteiger partial charge in [0, 0.05) is 34.2 Å². The van der Waals surface area contributed by atoms with E-state index >= 15 is 0 Å². The van der Waals surface area contributed by atoms with Crippen LogP contribution in [0, 0.1) is 0 Å². The van der Waals surface area contributed by atoms with E-state index in [9.17, 15) is 0 Å². The number of hydrogen-bond donors (Lipinski definition) is 1. The van der Waals surface area contributed by atoms with E-state index in [1.807, 2.05) is 33.0 Å². The van der Waals surface area contributed by atoms with Crippen molar-refractivity contribution in [2.24, 2.45) is 0 Å². The molecule has 0 spiro atoms. The van der Waals surface area contributed by atoms with Crippen molar-refractivity contribution >= 4 is 17.8 Å². The number of nitrogens with one attached hydrogen (secondary N) is 1. The van der Waals surface area contributed by atoms with Crippen molar-refractivity contribution in [2.45, 2.75) is 13.3 Å². The maximum absolute atomic E-state index is 4.49. The van der Waals surface area contributed by atoms with E-state index < -0.39 is 0 Å². The van der Waals surface area contributed by atoms with Gasteiger partial charge < -0.3 is 20.0 Å². The lowest BCUT2D eigenvalue weighted by Gasteiger charge is -2.20. The quantitative estimate of drug-likeness (QED) is 0.754. The molecule has 20 heavy (non-hydrogen) atoms. The molecule has 7 nitrogen and oxygen atoms in total. The van der Waals surface area contributed by atoms with Crippen LogP contribution in [0.5, 0.6) is 0 Å². The summed E-state index contributed by atoms with van der Waals surface area (Å²) in [5.74, 6) is 2.00. The zero-order valence-corrected chi connectivity index (χ0v) is 13.5. The number of hydrogen-bond acceptors (Lipinski definition) is 7. The molecule has 0 aliphatic heterocycles. The average Bonchev–Trinajstić information content (AvgIpc) is 2.38. The molecule has 0 bridgehead atoms. The highest BCUT2D eigenvalue weighted by Gasteiger charge is 2.11. The minimum atomic E-state index is 0.626. The summed E-state index contributed by atoms with van der Waals surface area (Å²) < 4.78 is 0. The molecule has 0 aliphatic carbocycles. The molecule has 7 heteroatoms. The number of aromatic nitrogens is 3. The molecule has 0 aliphatic rings. The fourth-order valence-corrected chi connectivity index (χ4v) is 1.69. The van der Waals surface area contributed by atoms with Crippen molar-refractivity contribution in [1.82, 2.24) is 19.9 Å². The Bertz CT molecular complexity index is 406. The highest BCUT2D eigenvalue weighted by Crippen LogP contribution is 2.14. The van der Waals surface area contributed by atoms with Crippen molar-refractivity contribution in [2.75, 3.05) is 70.0 Å². The monoisotopic (exact) mass is 281 g/mol. The van der Waals surface area contributed by atoms with Crippen molar-refractivity contribution in [3.05, 3.63) is 0 Å². The molecule has 1 N–H and O–H groups in total. The van der Waals surface area contributed by atoms with E-state index in [2.05, 4.69) is 44.2 Å². The van der Waals surface area contributed by atoms with Gasteiger partial charge in [0.15, 0.2) is 0 Å². The highest BCUT2D eigenvalue weighted by atomic mass is 15.3. The average molecular weight is 281 g/mol. The van der Waals surface area contributed by atoms with E-state index in [1.165, 1.54) is 0 Å². The first-order chi connectivity index (χ1) is 9.43. The molecule has 1 rings (SSSR count). The Balaban J connectivity index is 2.80. The van der Waals surface area contributed by atoms with Gasteiger partial charge in [-0.3, -0.25) is 0 Å². The van der Waals surface area contributed by atoms with E-state index in [-0.39, 0.29) is 0 Å². The van der Waals surface area contributed by atoms with E-state index in [0.29, 0.717) is 17.8 Å². The van der Waals surface area contributed by atoms with Gasteiger partial charge in [0.2, 0.25) is 17.8 Å². The molecule has 0 saturated heterocycles. The maximum Gasteiger partial charge on any atom is 0.231 e. The van der Waals surface area contributed by atoms with Gasteiger partial charge in [-0.05, 0) is 34.0 Å². The number of nitrogens with zero attached hydrogens (tertiary/aromatic N) is 6. The zero-order chi connectivity index (χ0) is 15.1. The van der Waals surface area contributed by atoms with E-state index in [0.717, 1.165) is 26.1 Å². The van der Waals surface area contributed by atoms with Crippen LogP contribution in [0.2, 0.25) is 0 Å². The molecule has 0 saturated carbocycles. The lowest BCUT2D eigenvalue weighted by molar-refractivity contribution is 0.401. The molecule has 0 aromatic carbocycles. The van der Waals surface area contributed by atoms with Crippen LogP contribution in [-0.4, -0.2) is 74.7 Å². The fourth-order valence-electron chi connectivity index (χ4n) is 1.69. The van der Waals surface area contributed by atoms with Crippen molar-refractivity contribution in [1.29, 1.82) is 0 Å². The molecule has 0 amide bonds. The molecule has 114 valence electrons. The third-order valence-corrected chi connectivity index (χ3v) is 2.79. The normalized spacial score (nSPS) is 10.8. The smallest absolute Gasteiger partial charge is 0.231 e. The van der Waals surface area contributed by atoms with Gasteiger partial charge in [-0.15, -0.1) is 0 Å². The Morgan fingerprint density at radius 2 is 1.55 bits per heavy atom. The first-order valence-electron chi connectivity index (χ1n) is 6.97. The minimum absolute atomic E-state index is 0.626. The topological polar surface area (TPSA) is 60.4 Å². The second kappa shape index (κ2) is 7.84. The van der Waals surface area contributed by atoms with Crippen LogP contribution in [0.4, 0.5) is 17.8 Å². The summed E-state index contributed by atoms with van der Waals surface area (Å²) in [5, 5.41) is 3.15. The third kappa shape index (κ3) is 5.16. The van der Waals surface area contributed by atoms with Gasteiger partial charge in [-0.2, -0.15) is 15.0 Å². The molecule has 0 unspecified atom stereocenters. The summed E-state index contributed by atoms with van der Waals surface area (Å²) in [6.45, 7) is 4.79. The van der Waals surface area contributed by atoms with E-state index in [4.69, 9.17) is 0 Å². The van der Waals surface area contributed by atoms with Gasteiger partial charge >= 0.3 is 0 Å². The van der Waals surface area contributed by atoms with Crippen LogP contribution in [0.25, 0.3) is 0 Å². The van der Waals surface area contributed by atoms with Crippen LogP contribution in [0.1, 0.15) is 13.3 Å². The van der Waals surface area contributed by atoms with Crippen LogP contribution in [-0.2, 0) is 0 Å². The van der Waals surface area contributed by atoms with Gasteiger partial charge in [-0.1, -0.05) is 0 Å². The summed E-state index contributed by atoms with van der Waals surface area (Å²) in [6.07, 6.45) is 1.07. The Labute approximate surface area is 122 Å². The summed E-state index contributed by atoms with van der Waals surface area (Å²) in [5.41, 5.74) is 0. The van der Waals surface area contributed by atoms with Crippen molar-refractivity contribution in [3.63, 3.8) is 0 Å². The first kappa shape index (κ1) is 16.4. The Morgan fingerprint density at radius 3 is 2.10 bits per heavy atom. The minimum Gasteiger partial charge on any atom is -0.354 e. The molecular weight excluding hydrogens is 254 g/mol. The molecule has 0 fully saturated rings. The molecule has 1 heterocycles. The molecular formula is C13H27N7. The molecule has 1 aromatic heterocycles. The largest absolute Gasteiger partial charge is 0.354 e. The van der Waals surface area contributed by atoms with E-state index in [1.54, 1.807) is 0 Å². The van der Waals surface area contributed by atoms with Gasteiger partial charge in [0.1, 0.15) is 0 Å². The summed E-state index contributed by atoms with van der Waals surface area (Å²) in [6, 6.07) is 0. The van der Waals surface area contributed by atoms with Crippen molar-refractivity contribution < 1.29 is 0 Å². The summed E-state index contributed by atoms with van der Waals surface area (Å²) >= 11 is 0. The van der Waals surface area contributed by atoms with Gasteiger partial charge in [0.05, 0.1) is 0 Å². The molecule has 0 atom stereocenters. The Morgan fingerprint density at radius 1 is 0.900 bits per heavy atom. The van der Waals surface area contributed by atoms with Gasteiger partial charge in [0.25, 0.3) is 0 Å². The predicted octanol–water partition coefficient (Wildman–Crippen LogP) is 0.757. The SMILES string of the molecule is CCNc1nc(N(C)C)nc(N(C)CCCN(C)C)n1. The Hall–Kier alpha value is -1.63. The standard InChI is InChI=1S/C13H27N7/c1-7-14-11-15-12(19(4)5)17-13(16-11)20(6)10-8-9-18(2)3/h7-10H2,1-6H3,(H,14,15,16,17). The van der Waals surface area contributed by atoms with Crippen LogP contribution < -0.4 is 15.1 Å². The second-order valence-electron chi connectivity index (χ2n) is 5.26. The van der Waals surface area contributed by atoms with Crippen molar-refractivity contribution in [3.8, 4) is 0 Å². The fraction of sp³-hybridized carbons (Fsp3) is 0.769. The third-order valence-electron chi connectivity index (χ3n) is 2.79. The summed E-state index contributed by atoms with van der Waals surface area (Å²) in [7, 11) is 10.0. The zero-order valence-electron chi connectivity index (χ0n) is 13.5.